The topological polar surface area (TPSA) is 118 Å². The molecule has 0 aromatic carbocycles. The summed E-state index contributed by atoms with van der Waals surface area (Å²) in [6.45, 7) is 3.37. The van der Waals surface area contributed by atoms with E-state index in [-0.39, 0.29) is 11.3 Å². The molecule has 0 amide bonds. The number of rotatable bonds is 7. The fraction of sp³-hybridized carbons (Fsp3) is 0.545. The van der Waals surface area contributed by atoms with Gasteiger partial charge in [-0.3, -0.25) is 4.79 Å². The molecular formula is C11H17NO6S3. The third-order valence-corrected chi connectivity index (χ3v) is 6.33. The van der Waals surface area contributed by atoms with Gasteiger partial charge in [0, 0.05) is 16.0 Å². The molecule has 0 aliphatic carbocycles. The molecule has 0 aliphatic rings. The largest absolute Gasteiger partial charge is 0.480 e. The Morgan fingerprint density at radius 3 is 2.29 bits per heavy atom. The van der Waals surface area contributed by atoms with Crippen LogP contribution in [0, 0.1) is 13.8 Å². The van der Waals surface area contributed by atoms with Gasteiger partial charge in [0.05, 0.1) is 10.6 Å². The van der Waals surface area contributed by atoms with Crippen molar-refractivity contribution in [1.82, 2.24) is 4.72 Å². The Labute approximate surface area is 128 Å². The molecule has 1 rings (SSSR count). The number of sulfone groups is 1. The molecule has 10 heteroatoms. The van der Waals surface area contributed by atoms with Crippen LogP contribution in [0.1, 0.15) is 16.2 Å². The Kier molecular flexibility index (Phi) is 5.53. The van der Waals surface area contributed by atoms with Gasteiger partial charge < -0.3 is 5.11 Å². The average molecular weight is 355 g/mol. The number of carboxylic acids is 1. The van der Waals surface area contributed by atoms with Gasteiger partial charge >= 0.3 is 5.97 Å². The first kappa shape index (κ1) is 18.1. The van der Waals surface area contributed by atoms with Crippen molar-refractivity contribution in [2.45, 2.75) is 31.2 Å². The minimum Gasteiger partial charge on any atom is -0.480 e. The number of carbonyl (C=O) groups is 1. The van der Waals surface area contributed by atoms with E-state index in [0.717, 1.165) is 11.1 Å². The van der Waals surface area contributed by atoms with Crippen LogP contribution < -0.4 is 4.72 Å². The van der Waals surface area contributed by atoms with Crippen molar-refractivity contribution in [3.63, 3.8) is 0 Å². The molecule has 120 valence electrons. The van der Waals surface area contributed by atoms with Crippen LogP contribution in [0.25, 0.3) is 0 Å². The summed E-state index contributed by atoms with van der Waals surface area (Å²) in [7, 11) is -7.37. The van der Waals surface area contributed by atoms with Crippen molar-refractivity contribution in [2.24, 2.45) is 0 Å². The van der Waals surface area contributed by atoms with E-state index < -0.39 is 37.6 Å². The number of nitrogens with one attached hydrogen (secondary N) is 1. The molecule has 1 aromatic heterocycles. The summed E-state index contributed by atoms with van der Waals surface area (Å²) in [5.41, 5.74) is 0. The molecule has 0 saturated heterocycles. The quantitative estimate of drug-likeness (QED) is 0.737. The first-order valence-electron chi connectivity index (χ1n) is 5.92. The van der Waals surface area contributed by atoms with E-state index in [2.05, 4.69) is 4.72 Å². The van der Waals surface area contributed by atoms with Crippen molar-refractivity contribution in [1.29, 1.82) is 0 Å². The molecule has 1 atom stereocenters. The van der Waals surface area contributed by atoms with E-state index in [1.807, 2.05) is 0 Å². The lowest BCUT2D eigenvalue weighted by Crippen LogP contribution is -2.41. The molecular weight excluding hydrogens is 338 g/mol. The summed E-state index contributed by atoms with van der Waals surface area (Å²) in [6.07, 6.45) is 0.641. The predicted octanol–water partition coefficient (Wildman–Crippen LogP) is 0.531. The second-order valence-corrected chi connectivity index (χ2v) is 10.1. The normalized spacial score (nSPS) is 14.0. The fourth-order valence-corrected chi connectivity index (χ4v) is 5.13. The van der Waals surface area contributed by atoms with Crippen LogP contribution >= 0.6 is 11.3 Å². The lowest BCUT2D eigenvalue weighted by Gasteiger charge is -2.14. The third kappa shape index (κ3) is 5.38. The Morgan fingerprint density at radius 1 is 1.33 bits per heavy atom. The number of sulfonamides is 1. The number of hydrogen-bond donors (Lipinski definition) is 2. The number of aliphatic carboxylic acids is 1. The molecule has 2 N–H and O–H groups in total. The maximum atomic E-state index is 12.2. The van der Waals surface area contributed by atoms with Gasteiger partial charge in [0.25, 0.3) is 0 Å². The van der Waals surface area contributed by atoms with E-state index in [9.17, 15) is 21.6 Å². The highest BCUT2D eigenvalue weighted by Crippen LogP contribution is 2.25. The van der Waals surface area contributed by atoms with E-state index in [1.165, 1.54) is 17.4 Å². The highest BCUT2D eigenvalue weighted by Gasteiger charge is 2.28. The first-order valence-corrected chi connectivity index (χ1v) is 10.3. The van der Waals surface area contributed by atoms with Crippen LogP contribution in [-0.4, -0.2) is 46.0 Å². The highest BCUT2D eigenvalue weighted by atomic mass is 32.2. The van der Waals surface area contributed by atoms with Crippen molar-refractivity contribution in [2.75, 3.05) is 12.0 Å². The van der Waals surface area contributed by atoms with E-state index >= 15 is 0 Å². The lowest BCUT2D eigenvalue weighted by atomic mass is 10.2. The summed E-state index contributed by atoms with van der Waals surface area (Å²) >= 11 is 1.29. The van der Waals surface area contributed by atoms with E-state index in [1.54, 1.807) is 13.8 Å². The van der Waals surface area contributed by atoms with Crippen LogP contribution in [0.15, 0.2) is 11.0 Å². The molecule has 0 aliphatic heterocycles. The smallest absolute Gasteiger partial charge is 0.321 e. The van der Waals surface area contributed by atoms with Crippen molar-refractivity contribution in [3.05, 3.63) is 15.8 Å². The number of hydrogen-bond acceptors (Lipinski definition) is 6. The van der Waals surface area contributed by atoms with Gasteiger partial charge in [-0.25, -0.2) is 16.8 Å². The van der Waals surface area contributed by atoms with Gasteiger partial charge in [-0.1, -0.05) is 0 Å². The molecule has 0 radical (unpaired) electrons. The second kappa shape index (κ2) is 6.42. The average Bonchev–Trinajstić information content (AvgIpc) is 2.63. The monoisotopic (exact) mass is 355 g/mol. The summed E-state index contributed by atoms with van der Waals surface area (Å²) in [5.74, 6) is -1.82. The fourth-order valence-electron chi connectivity index (χ4n) is 1.69. The Balaban J connectivity index is 2.98. The van der Waals surface area contributed by atoms with Crippen LogP contribution in [0.5, 0.6) is 0 Å². The van der Waals surface area contributed by atoms with Crippen molar-refractivity contribution in [3.8, 4) is 0 Å². The summed E-state index contributed by atoms with van der Waals surface area (Å²) in [4.78, 5) is 12.5. The maximum Gasteiger partial charge on any atom is 0.321 e. The highest BCUT2D eigenvalue weighted by molar-refractivity contribution is 7.90. The predicted molar refractivity (Wildman–Crippen MR) is 79.9 cm³/mol. The SMILES string of the molecule is Cc1cc(S(=O)(=O)NC(CCS(C)(=O)=O)C(=O)O)c(C)s1. The number of thiophene rings is 1. The number of carboxylic acid groups (broad SMARTS) is 1. The van der Waals surface area contributed by atoms with Crippen LogP contribution in [0.2, 0.25) is 0 Å². The van der Waals surface area contributed by atoms with Gasteiger partial charge in [-0.05, 0) is 26.3 Å². The van der Waals surface area contributed by atoms with Gasteiger partial charge in [0.2, 0.25) is 10.0 Å². The molecule has 1 unspecified atom stereocenters. The zero-order chi connectivity index (χ0) is 16.4. The molecule has 21 heavy (non-hydrogen) atoms. The van der Waals surface area contributed by atoms with Crippen molar-refractivity contribution < 1.29 is 26.7 Å². The molecule has 0 spiro atoms. The minimum absolute atomic E-state index is 0.0237. The maximum absolute atomic E-state index is 12.2. The van der Waals surface area contributed by atoms with Gasteiger partial charge in [-0.15, -0.1) is 11.3 Å². The molecule has 1 aromatic rings. The number of aryl methyl sites for hydroxylation is 2. The third-order valence-electron chi connectivity index (χ3n) is 2.66. The Bertz CT molecular complexity index is 732. The molecule has 0 fully saturated rings. The first-order chi connectivity index (χ1) is 9.42. The lowest BCUT2D eigenvalue weighted by molar-refractivity contribution is -0.139. The van der Waals surface area contributed by atoms with Crippen LogP contribution in [0.4, 0.5) is 0 Å². The standard InChI is InChI=1S/C11H17NO6S3/c1-7-6-10(8(2)19-7)21(17,18)12-9(11(13)14)4-5-20(3,15)16/h6,9,12H,4-5H2,1-3H3,(H,13,14). The molecule has 0 saturated carbocycles. The minimum atomic E-state index is -4.00. The van der Waals surface area contributed by atoms with Crippen molar-refractivity contribution >= 4 is 37.2 Å². The van der Waals surface area contributed by atoms with Gasteiger partial charge in [0.1, 0.15) is 15.9 Å². The summed E-state index contributed by atoms with van der Waals surface area (Å²) < 4.78 is 48.6. The van der Waals surface area contributed by atoms with Gasteiger partial charge in [-0.2, -0.15) is 4.72 Å². The second-order valence-electron chi connectivity index (χ2n) is 4.71. The molecule has 0 bridgehead atoms. The molecule has 1 heterocycles. The molecule has 7 nitrogen and oxygen atoms in total. The van der Waals surface area contributed by atoms with Crippen LogP contribution in [0.3, 0.4) is 0 Å². The summed E-state index contributed by atoms with van der Waals surface area (Å²) in [6, 6.07) is -0.0259. The van der Waals surface area contributed by atoms with E-state index in [4.69, 9.17) is 5.11 Å². The zero-order valence-corrected chi connectivity index (χ0v) is 14.2. The Hall–Kier alpha value is -0.970. The van der Waals surface area contributed by atoms with E-state index in [0.29, 0.717) is 4.88 Å². The zero-order valence-electron chi connectivity index (χ0n) is 11.8. The van der Waals surface area contributed by atoms with Gasteiger partial charge in [0.15, 0.2) is 0 Å². The Morgan fingerprint density at radius 2 is 1.90 bits per heavy atom. The van der Waals surface area contributed by atoms with Crippen LogP contribution in [-0.2, 0) is 24.7 Å². The summed E-state index contributed by atoms with van der Waals surface area (Å²) in [5, 5.41) is 9.04.